The van der Waals surface area contributed by atoms with Gasteiger partial charge in [-0.2, -0.15) is 0 Å². The van der Waals surface area contributed by atoms with Crippen LogP contribution in [0.2, 0.25) is 0 Å². The number of rotatable bonds is 8. The van der Waals surface area contributed by atoms with Crippen LogP contribution in [0.1, 0.15) is 107 Å². The Morgan fingerprint density at radius 3 is 1.78 bits per heavy atom. The number of primary amides is 1. The molecule has 82 heavy (non-hydrogen) atoms. The Morgan fingerprint density at radius 2 is 1.22 bits per heavy atom. The number of carbonyl (C=O) groups is 7. The van der Waals surface area contributed by atoms with Crippen molar-refractivity contribution in [2.75, 3.05) is 14.1 Å². The van der Waals surface area contributed by atoms with Gasteiger partial charge < -0.3 is 77.4 Å². The van der Waals surface area contributed by atoms with Crippen molar-refractivity contribution in [3.8, 4) is 51.4 Å². The van der Waals surface area contributed by atoms with E-state index in [0.717, 1.165) is 12.1 Å². The summed E-state index contributed by atoms with van der Waals surface area (Å²) in [6.45, 7) is 10.1. The third-order valence-electron chi connectivity index (χ3n) is 14.6. The molecule has 0 aliphatic carbocycles. The number of nitrogens with two attached hydrogens (primary N) is 1. The molecule has 7 amide bonds. The molecule has 9 atom stereocenters. The number of hydrogen-bond donors (Lipinski definition) is 12. The maximum Gasteiger partial charge on any atom is 1.00 e. The van der Waals surface area contributed by atoms with Gasteiger partial charge in [0, 0.05) is 22.3 Å². The molecule has 5 aromatic carbocycles. The number of aliphatic hydroxyl groups is 2. The van der Waals surface area contributed by atoms with E-state index >= 15 is 9.59 Å². The molecule has 0 spiro atoms. The van der Waals surface area contributed by atoms with Gasteiger partial charge in [0.05, 0.1) is 12.5 Å². The van der Waals surface area contributed by atoms with Crippen molar-refractivity contribution in [3.05, 3.63) is 123 Å². The second kappa shape index (κ2) is 25.5. The summed E-state index contributed by atoms with van der Waals surface area (Å²) in [5, 5.41) is 73.4. The summed E-state index contributed by atoms with van der Waals surface area (Å²) in [5.41, 5.74) is 5.86. The Kier molecular flexibility index (Phi) is 19.4. The van der Waals surface area contributed by atoms with Gasteiger partial charge in [0.1, 0.15) is 82.7 Å². The Hall–Kier alpha value is -7.25. The molecule has 0 saturated heterocycles. The van der Waals surface area contributed by atoms with E-state index in [1.54, 1.807) is 46.1 Å². The predicted molar refractivity (Wildman–Crippen MR) is 290 cm³/mol. The number of hydrogen-bond acceptors (Lipinski definition) is 16. The number of carbonyl (C=O) groups excluding carboxylic acids is 8. The van der Waals surface area contributed by atoms with E-state index in [1.165, 1.54) is 67.6 Å². The van der Waals surface area contributed by atoms with Crippen LogP contribution in [0, 0.1) is 33.6 Å². The number of aliphatic hydroxyl groups excluding tert-OH is 2. The van der Waals surface area contributed by atoms with Crippen LogP contribution in [0.4, 0.5) is 0 Å². The molecule has 5 heterocycles. The first kappa shape index (κ1) is 62.3. The average Bonchev–Trinajstić information content (AvgIpc) is 3.60. The van der Waals surface area contributed by atoms with Gasteiger partial charge in [-0.3, -0.25) is 38.5 Å². The number of benzene rings is 5. The summed E-state index contributed by atoms with van der Waals surface area (Å²) in [6.07, 6.45) is -2.56. The molecule has 0 saturated carbocycles. The van der Waals surface area contributed by atoms with Gasteiger partial charge in [-0.1, -0.05) is 32.0 Å². The van der Waals surface area contributed by atoms with Crippen molar-refractivity contribution >= 4 is 47.6 Å². The second-order valence-corrected chi connectivity index (χ2v) is 21.2. The summed E-state index contributed by atoms with van der Waals surface area (Å²) in [7, 11) is 3.34. The van der Waals surface area contributed by atoms with Gasteiger partial charge >= 0.3 is 58.2 Å². The fraction of sp³-hybridized carbons (Fsp3) is 0.345. The van der Waals surface area contributed by atoms with E-state index in [-0.39, 0.29) is 132 Å². The zero-order valence-corrected chi connectivity index (χ0v) is 51.4. The van der Waals surface area contributed by atoms with Crippen LogP contribution in [0.3, 0.4) is 0 Å². The van der Waals surface area contributed by atoms with E-state index in [9.17, 15) is 54.3 Å². The number of aromatic hydroxyl groups is 3. The van der Waals surface area contributed by atoms with Crippen LogP contribution in [0.25, 0.3) is 11.1 Å². The van der Waals surface area contributed by atoms with Crippen LogP contribution in [-0.2, 0) is 38.4 Å². The Balaban J connectivity index is 0.00000968. The molecule has 10 rings (SSSR count). The molecule has 13 N–H and O–H groups in total. The minimum Gasteiger partial charge on any atom is -0.540 e. The van der Waals surface area contributed by atoms with Gasteiger partial charge in [-0.05, 0) is 154 Å². The Labute approximate surface area is 520 Å². The smallest absolute Gasteiger partial charge is 0.540 e. The van der Waals surface area contributed by atoms with Crippen molar-refractivity contribution in [2.24, 2.45) is 11.7 Å². The predicted octanol–water partition coefficient (Wildman–Crippen LogP) is -0.0118. The number of ether oxygens (including phenoxy) is 2. The standard InChI is InChI=1S/C58H63N8O15.Rb/c1-24(2)15-37(66(7)8)54(75)64-48-51(72)30-10-13-40(25(3)16-30)80-42-19-32-20-43(28(42)6)81-41-14-11-31(17-26(41)4)52(73)49-58(79)61-36(23-67)33-21-39(69)27(5)50(71)45(33)34-18-29(9-12-38(34)68)46(55(76)65-49)63-56(77)47(32)62-53(74)35(22-44(59)70)60-57(48)78;/h9-14,16-21,24,35-37,46-49,51-52,68-69,71-73H,15,22H2,1-8H3,(H2,59,70)(H,60,78)(H,61,79)(H,62,74)(H,63,77)(H,64,75)(H,65,76);/q-1;+1/t35-,36-,37+,46+,47+,48+,49-,51+,52+;/m0./s1. The zero-order valence-electron chi connectivity index (χ0n) is 46.5. The molecular weight excluding hydrogens is 1130 g/mol. The third kappa shape index (κ3) is 13.0. The molecule has 24 heteroatoms. The number of likely N-dealkylation sites (N-methyl/N-ethyl adjacent to an activating group) is 1. The maximum absolute atomic E-state index is 15.5. The number of phenols is 3. The SMILES string of the molecule is Cc1cc2ccc1Oc1cc3cc(c1C)Oc1ccc(cc1C)[C@@H](O)[C@@H](NC(=O)[C@@H](CC(C)C)N(C)C)C(=O)N[C@@H](CC(N)=O)C(=O)N[C@H]3C(=O)N[C@H]1C(=O)N[C@H](C(=O)N[C@@H]([C-]=O)c3cc(O)c(C)c(O)c3-c3cc1ccc3O)[C@@H]2O.[Rb+]. The molecule has 0 aromatic heterocycles. The number of phenolic OH excluding ortho intramolecular Hbond substituents is 3. The Morgan fingerprint density at radius 1 is 0.659 bits per heavy atom. The summed E-state index contributed by atoms with van der Waals surface area (Å²) in [6, 6.07) is 4.02. The van der Waals surface area contributed by atoms with Crippen LogP contribution in [-0.4, -0.2) is 116 Å². The van der Waals surface area contributed by atoms with E-state index in [4.69, 9.17) is 15.2 Å². The van der Waals surface area contributed by atoms with Crippen LogP contribution in [0.15, 0.2) is 72.8 Å². The average molecular weight is 1200 g/mol. The maximum atomic E-state index is 15.5. The monoisotopic (exact) mass is 1200 g/mol. The number of fused-ring (bicyclic) bond motifs is 15. The van der Waals surface area contributed by atoms with Crippen molar-refractivity contribution < 1.29 is 132 Å². The molecular formula is C58H63N8O15Rb. The minimum absolute atomic E-state index is 0. The number of nitrogens with one attached hydrogen (secondary N) is 6. The number of nitrogens with zero attached hydrogens (tertiary/aromatic N) is 1. The van der Waals surface area contributed by atoms with Crippen molar-refractivity contribution in [2.45, 2.75) is 109 Å². The van der Waals surface area contributed by atoms with Crippen molar-refractivity contribution in [1.82, 2.24) is 36.8 Å². The van der Waals surface area contributed by atoms with Crippen molar-refractivity contribution in [3.63, 3.8) is 0 Å². The molecule has 11 bridgehead atoms. The largest absolute Gasteiger partial charge is 1.00 e. The van der Waals surface area contributed by atoms with Gasteiger partial charge in [0.2, 0.25) is 41.4 Å². The molecule has 0 unspecified atom stereocenters. The van der Waals surface area contributed by atoms with Gasteiger partial charge in [-0.25, -0.2) is 6.29 Å². The fourth-order valence-corrected chi connectivity index (χ4v) is 10.0. The second-order valence-electron chi connectivity index (χ2n) is 21.2. The number of aryl methyl sites for hydroxylation is 2. The summed E-state index contributed by atoms with van der Waals surface area (Å²) in [5.74, 6) is -8.86. The van der Waals surface area contributed by atoms with E-state index < -0.39 is 120 Å². The van der Waals surface area contributed by atoms with Crippen molar-refractivity contribution in [1.29, 1.82) is 0 Å². The van der Waals surface area contributed by atoms with Crippen LogP contribution >= 0.6 is 0 Å². The van der Waals surface area contributed by atoms with Gasteiger partial charge in [0.25, 0.3) is 0 Å². The molecule has 5 aliphatic heterocycles. The topological polar surface area (TPSA) is 358 Å². The van der Waals surface area contributed by atoms with Crippen LogP contribution in [0.5, 0.6) is 40.2 Å². The first-order chi connectivity index (χ1) is 38.3. The molecule has 5 aliphatic rings. The quantitative estimate of drug-likeness (QED) is 0.0909. The summed E-state index contributed by atoms with van der Waals surface area (Å²) < 4.78 is 13.1. The van der Waals surface area contributed by atoms with E-state index in [1.807, 2.05) is 13.8 Å². The zero-order chi connectivity index (χ0) is 59.0. The van der Waals surface area contributed by atoms with Crippen LogP contribution < -0.4 is 105 Å². The van der Waals surface area contributed by atoms with E-state index in [0.29, 0.717) is 23.1 Å². The molecule has 23 nitrogen and oxygen atoms in total. The molecule has 0 fully saturated rings. The molecule has 0 radical (unpaired) electrons. The minimum atomic E-state index is -1.98. The number of amides is 7. The fourth-order valence-electron chi connectivity index (χ4n) is 10.0. The summed E-state index contributed by atoms with van der Waals surface area (Å²) >= 11 is 0. The normalized spacial score (nSPS) is 22.1. The molecule has 426 valence electrons. The first-order valence-electron chi connectivity index (χ1n) is 25.9. The van der Waals surface area contributed by atoms with Gasteiger partial charge in [0.15, 0.2) is 0 Å². The van der Waals surface area contributed by atoms with Gasteiger partial charge in [-0.15, -0.1) is 0 Å². The third-order valence-corrected chi connectivity index (χ3v) is 14.6. The first-order valence-corrected chi connectivity index (χ1v) is 25.9. The molecule has 5 aromatic rings. The summed E-state index contributed by atoms with van der Waals surface area (Å²) in [4.78, 5) is 116. The Bertz CT molecular complexity index is 3410. The van der Waals surface area contributed by atoms with E-state index in [2.05, 4.69) is 31.9 Å².